The van der Waals surface area contributed by atoms with Gasteiger partial charge in [-0.05, 0) is 55.1 Å². The topological polar surface area (TPSA) is 58.6 Å². The Hall–Kier alpha value is -3.25. The molecule has 3 aromatic rings. The van der Waals surface area contributed by atoms with Crippen molar-refractivity contribution in [3.05, 3.63) is 77.4 Å². The van der Waals surface area contributed by atoms with Gasteiger partial charge in [-0.1, -0.05) is 42.8 Å². The molecule has 33 heavy (non-hydrogen) atoms. The number of amides is 1. The molecule has 1 aliphatic heterocycles. The van der Waals surface area contributed by atoms with Crippen molar-refractivity contribution >= 4 is 5.91 Å². The summed E-state index contributed by atoms with van der Waals surface area (Å²) in [5.74, 6) is 1.62. The molecule has 0 spiro atoms. The Morgan fingerprint density at radius 1 is 1.12 bits per heavy atom. The van der Waals surface area contributed by atoms with Crippen molar-refractivity contribution in [1.82, 2.24) is 19.8 Å². The van der Waals surface area contributed by atoms with Crippen LogP contribution in [0.1, 0.15) is 52.7 Å². The zero-order valence-corrected chi connectivity index (χ0v) is 19.9. The number of likely N-dealkylation sites (tertiary alicyclic amines) is 1. The van der Waals surface area contributed by atoms with Gasteiger partial charge in [0.1, 0.15) is 11.6 Å². The van der Waals surface area contributed by atoms with E-state index in [1.54, 1.807) is 32.3 Å². The number of hydrogen-bond donors (Lipinski definition) is 0. The Kier molecular flexibility index (Phi) is 7.04. The van der Waals surface area contributed by atoms with Gasteiger partial charge in [0.05, 0.1) is 24.4 Å². The standard InChI is InChI=1S/C27H32N4O2/c1-19-24(27(32)30(2)3)17-28-26(29-19)25-10-5-6-15-31(25)18-20-11-13-21(14-12-20)22-8-7-9-23(16-22)33-4/h7-9,11-14,16-17,25H,5-6,10,15,18H2,1-4H3/t25-/m1/s1. The second kappa shape index (κ2) is 10.1. The predicted octanol–water partition coefficient (Wildman–Crippen LogP) is 4.89. The molecule has 1 fully saturated rings. The molecule has 0 aliphatic carbocycles. The number of aromatic nitrogens is 2. The Bertz CT molecular complexity index is 1110. The molecule has 0 bridgehead atoms. The average molecular weight is 445 g/mol. The van der Waals surface area contributed by atoms with E-state index in [9.17, 15) is 4.79 Å². The van der Waals surface area contributed by atoms with Crippen molar-refractivity contribution < 1.29 is 9.53 Å². The molecule has 2 aromatic carbocycles. The number of aryl methyl sites for hydroxylation is 1. The summed E-state index contributed by atoms with van der Waals surface area (Å²) in [4.78, 5) is 25.7. The lowest BCUT2D eigenvalue weighted by Crippen LogP contribution is -2.34. The molecule has 0 unspecified atom stereocenters. The third-order valence-corrected chi connectivity index (χ3v) is 6.29. The van der Waals surface area contributed by atoms with E-state index in [2.05, 4.69) is 46.3 Å². The lowest BCUT2D eigenvalue weighted by atomic mass is 9.99. The fourth-order valence-corrected chi connectivity index (χ4v) is 4.41. The molecule has 1 aromatic heterocycles. The van der Waals surface area contributed by atoms with Crippen molar-refractivity contribution in [3.8, 4) is 16.9 Å². The van der Waals surface area contributed by atoms with Crippen LogP contribution in [0.2, 0.25) is 0 Å². The first kappa shape index (κ1) is 22.9. The highest BCUT2D eigenvalue weighted by Crippen LogP contribution is 2.31. The molecule has 1 amide bonds. The van der Waals surface area contributed by atoms with Crippen LogP contribution in [0.25, 0.3) is 11.1 Å². The van der Waals surface area contributed by atoms with Crippen LogP contribution in [0.5, 0.6) is 5.75 Å². The molecule has 0 saturated carbocycles. The molecule has 1 aliphatic rings. The van der Waals surface area contributed by atoms with Crippen LogP contribution in [0.3, 0.4) is 0 Å². The summed E-state index contributed by atoms with van der Waals surface area (Å²) in [5.41, 5.74) is 4.90. The third-order valence-electron chi connectivity index (χ3n) is 6.29. The van der Waals surface area contributed by atoms with E-state index in [0.29, 0.717) is 5.56 Å². The highest BCUT2D eigenvalue weighted by atomic mass is 16.5. The van der Waals surface area contributed by atoms with E-state index in [-0.39, 0.29) is 11.9 Å². The van der Waals surface area contributed by atoms with Gasteiger partial charge in [0, 0.05) is 26.8 Å². The maximum Gasteiger partial charge on any atom is 0.256 e. The van der Waals surface area contributed by atoms with E-state index < -0.39 is 0 Å². The Labute approximate surface area is 196 Å². The number of nitrogens with zero attached hydrogens (tertiary/aromatic N) is 4. The summed E-state index contributed by atoms with van der Waals surface area (Å²) < 4.78 is 5.36. The van der Waals surface area contributed by atoms with Gasteiger partial charge in [0.2, 0.25) is 0 Å². The first-order valence-electron chi connectivity index (χ1n) is 11.5. The maximum atomic E-state index is 12.4. The van der Waals surface area contributed by atoms with Crippen molar-refractivity contribution in [2.75, 3.05) is 27.7 Å². The molecule has 1 atom stereocenters. The number of hydrogen-bond acceptors (Lipinski definition) is 5. The van der Waals surface area contributed by atoms with Gasteiger partial charge >= 0.3 is 0 Å². The van der Waals surface area contributed by atoms with Crippen molar-refractivity contribution in [3.63, 3.8) is 0 Å². The minimum absolute atomic E-state index is 0.0596. The molecule has 1 saturated heterocycles. The summed E-state index contributed by atoms with van der Waals surface area (Å²) in [6.07, 6.45) is 5.06. The average Bonchev–Trinajstić information content (AvgIpc) is 2.84. The SMILES string of the molecule is COc1cccc(-c2ccc(CN3CCCC[C@@H]3c3ncc(C(=O)N(C)C)c(C)n3)cc2)c1. The van der Waals surface area contributed by atoms with Gasteiger partial charge in [-0.2, -0.15) is 0 Å². The third kappa shape index (κ3) is 5.22. The van der Waals surface area contributed by atoms with Crippen LogP contribution in [0, 0.1) is 6.92 Å². The first-order valence-corrected chi connectivity index (χ1v) is 11.5. The van der Waals surface area contributed by atoms with Gasteiger partial charge in [-0.3, -0.25) is 9.69 Å². The molecule has 6 nitrogen and oxygen atoms in total. The smallest absolute Gasteiger partial charge is 0.256 e. The largest absolute Gasteiger partial charge is 0.497 e. The second-order valence-electron chi connectivity index (χ2n) is 8.84. The number of benzene rings is 2. The molecular weight excluding hydrogens is 412 g/mol. The van der Waals surface area contributed by atoms with E-state index >= 15 is 0 Å². The van der Waals surface area contributed by atoms with Crippen molar-refractivity contribution in [1.29, 1.82) is 0 Å². The highest BCUT2D eigenvalue weighted by molar-refractivity contribution is 5.94. The predicted molar refractivity (Wildman–Crippen MR) is 130 cm³/mol. The molecule has 6 heteroatoms. The van der Waals surface area contributed by atoms with Crippen LogP contribution in [0.4, 0.5) is 0 Å². The van der Waals surface area contributed by atoms with E-state index in [4.69, 9.17) is 9.72 Å². The van der Waals surface area contributed by atoms with Gasteiger partial charge in [-0.25, -0.2) is 9.97 Å². The monoisotopic (exact) mass is 444 g/mol. The van der Waals surface area contributed by atoms with Gasteiger partial charge < -0.3 is 9.64 Å². The highest BCUT2D eigenvalue weighted by Gasteiger charge is 2.27. The number of carbonyl (C=O) groups is 1. The summed E-state index contributed by atoms with van der Waals surface area (Å²) in [6.45, 7) is 3.76. The summed E-state index contributed by atoms with van der Waals surface area (Å²) in [5, 5.41) is 0. The minimum atomic E-state index is -0.0596. The molecule has 0 N–H and O–H groups in total. The Balaban J connectivity index is 1.51. The minimum Gasteiger partial charge on any atom is -0.497 e. The van der Waals surface area contributed by atoms with E-state index in [1.807, 2.05) is 19.1 Å². The van der Waals surface area contributed by atoms with Gasteiger partial charge in [-0.15, -0.1) is 0 Å². The molecule has 172 valence electrons. The number of rotatable bonds is 6. The lowest BCUT2D eigenvalue weighted by Gasteiger charge is -2.35. The molecule has 4 rings (SSSR count). The molecular formula is C27H32N4O2. The molecule has 0 radical (unpaired) electrons. The van der Waals surface area contributed by atoms with Crippen molar-refractivity contribution in [2.45, 2.75) is 38.8 Å². The Morgan fingerprint density at radius 2 is 1.91 bits per heavy atom. The number of carbonyl (C=O) groups excluding carboxylic acids is 1. The number of ether oxygens (including phenoxy) is 1. The zero-order chi connectivity index (χ0) is 23.4. The van der Waals surface area contributed by atoms with Crippen LogP contribution in [-0.2, 0) is 6.54 Å². The first-order chi connectivity index (χ1) is 16.0. The quantitative estimate of drug-likeness (QED) is 0.542. The van der Waals surface area contributed by atoms with Crippen molar-refractivity contribution in [2.24, 2.45) is 0 Å². The summed E-state index contributed by atoms with van der Waals surface area (Å²) in [7, 11) is 5.19. The van der Waals surface area contributed by atoms with Crippen LogP contribution in [0.15, 0.2) is 54.7 Å². The van der Waals surface area contributed by atoms with Crippen LogP contribution < -0.4 is 4.74 Å². The summed E-state index contributed by atoms with van der Waals surface area (Å²) >= 11 is 0. The van der Waals surface area contributed by atoms with E-state index in [0.717, 1.165) is 48.8 Å². The van der Waals surface area contributed by atoms with E-state index in [1.165, 1.54) is 17.5 Å². The maximum absolute atomic E-state index is 12.4. The summed E-state index contributed by atoms with van der Waals surface area (Å²) in [6, 6.07) is 17.0. The normalized spacial score (nSPS) is 16.4. The number of methoxy groups -OCH3 is 1. The second-order valence-corrected chi connectivity index (χ2v) is 8.84. The zero-order valence-electron chi connectivity index (χ0n) is 19.9. The molecule has 2 heterocycles. The lowest BCUT2D eigenvalue weighted by molar-refractivity contribution is 0.0825. The Morgan fingerprint density at radius 3 is 2.61 bits per heavy atom. The fourth-order valence-electron chi connectivity index (χ4n) is 4.41. The fraction of sp³-hybridized carbons (Fsp3) is 0.370. The van der Waals surface area contributed by atoms with Crippen LogP contribution >= 0.6 is 0 Å². The van der Waals surface area contributed by atoms with Gasteiger partial charge in [0.25, 0.3) is 5.91 Å². The number of piperidine rings is 1. The van der Waals surface area contributed by atoms with Crippen LogP contribution in [-0.4, -0.2) is 53.4 Å². The van der Waals surface area contributed by atoms with Gasteiger partial charge in [0.15, 0.2) is 0 Å².